The van der Waals surface area contributed by atoms with Gasteiger partial charge in [0.25, 0.3) is 15.9 Å². The molecule has 0 atom stereocenters. The molecule has 0 aliphatic heterocycles. The van der Waals surface area contributed by atoms with E-state index < -0.39 is 10.0 Å². The molecule has 0 saturated heterocycles. The van der Waals surface area contributed by atoms with Gasteiger partial charge in [-0.15, -0.1) is 0 Å². The smallest absolute Gasteiger partial charge is 0.263 e. The van der Waals surface area contributed by atoms with Crippen LogP contribution in [0, 0.1) is 13.8 Å². The van der Waals surface area contributed by atoms with Gasteiger partial charge in [0.2, 0.25) is 0 Å². The number of nitrogens with one attached hydrogen (secondary N) is 2. The fourth-order valence-corrected chi connectivity index (χ4v) is 4.24. The number of nitrogens with zero attached hydrogens (tertiary/aromatic N) is 1. The Morgan fingerprint density at radius 1 is 1.11 bits per heavy atom. The Morgan fingerprint density at radius 3 is 2.50 bits per heavy atom. The minimum absolute atomic E-state index is 0.0574. The Balaban J connectivity index is 2.21. The molecule has 2 rings (SSSR count). The first-order chi connectivity index (χ1) is 13.1. The molecule has 0 fully saturated rings. The fourth-order valence-electron chi connectivity index (χ4n) is 2.60. The number of aryl methyl sites for hydroxylation is 2. The molecule has 0 unspecified atom stereocenters. The predicted octanol–water partition coefficient (Wildman–Crippen LogP) is 3.44. The second kappa shape index (κ2) is 9.41. The topological polar surface area (TPSA) is 78.5 Å². The maximum absolute atomic E-state index is 12.9. The summed E-state index contributed by atoms with van der Waals surface area (Å²) in [5.41, 5.74) is 2.45. The van der Waals surface area contributed by atoms with Crippen molar-refractivity contribution < 1.29 is 13.2 Å². The lowest BCUT2D eigenvalue weighted by molar-refractivity contribution is 0.0952. The van der Waals surface area contributed by atoms with E-state index >= 15 is 0 Å². The van der Waals surface area contributed by atoms with E-state index in [-0.39, 0.29) is 21.4 Å². The van der Waals surface area contributed by atoms with Crippen LogP contribution in [0.5, 0.6) is 0 Å². The van der Waals surface area contributed by atoms with E-state index in [0.717, 1.165) is 24.1 Å². The summed E-state index contributed by atoms with van der Waals surface area (Å²) in [6.07, 6.45) is 0.797. The number of rotatable bonds is 8. The number of hydrogen-bond donors (Lipinski definition) is 2. The van der Waals surface area contributed by atoms with Crippen molar-refractivity contribution in [3.8, 4) is 0 Å². The number of benzene rings is 2. The zero-order chi connectivity index (χ0) is 20.9. The van der Waals surface area contributed by atoms with Crippen LogP contribution in [0.3, 0.4) is 0 Å². The average molecular weight is 424 g/mol. The molecule has 0 aliphatic carbocycles. The van der Waals surface area contributed by atoms with E-state index in [2.05, 4.69) is 10.0 Å². The van der Waals surface area contributed by atoms with Crippen molar-refractivity contribution >= 4 is 33.2 Å². The summed E-state index contributed by atoms with van der Waals surface area (Å²) in [5, 5.41) is 2.85. The summed E-state index contributed by atoms with van der Waals surface area (Å²) in [6.45, 7) is 5.05. The quantitative estimate of drug-likeness (QED) is 0.637. The van der Waals surface area contributed by atoms with Crippen LogP contribution in [-0.4, -0.2) is 46.4 Å². The Morgan fingerprint density at radius 2 is 1.82 bits per heavy atom. The van der Waals surface area contributed by atoms with E-state index in [1.54, 1.807) is 6.07 Å². The van der Waals surface area contributed by atoms with Gasteiger partial charge in [-0.05, 0) is 76.3 Å². The molecule has 0 aromatic heterocycles. The highest BCUT2D eigenvalue weighted by Crippen LogP contribution is 2.26. The molecular formula is C20H26ClN3O3S. The zero-order valence-corrected chi connectivity index (χ0v) is 18.1. The number of amides is 1. The van der Waals surface area contributed by atoms with Crippen LogP contribution < -0.4 is 10.0 Å². The van der Waals surface area contributed by atoms with E-state index in [4.69, 9.17) is 11.6 Å². The molecule has 0 spiro atoms. The zero-order valence-electron chi connectivity index (χ0n) is 16.5. The summed E-state index contributed by atoms with van der Waals surface area (Å²) < 4.78 is 28.3. The Bertz CT molecular complexity index is 959. The van der Waals surface area contributed by atoms with E-state index in [9.17, 15) is 13.2 Å². The van der Waals surface area contributed by atoms with Gasteiger partial charge < -0.3 is 10.2 Å². The van der Waals surface area contributed by atoms with Gasteiger partial charge in [0.1, 0.15) is 4.90 Å². The van der Waals surface area contributed by atoms with Crippen LogP contribution in [0.2, 0.25) is 5.02 Å². The molecule has 6 nitrogen and oxygen atoms in total. The second-order valence-corrected chi connectivity index (χ2v) is 9.04. The third kappa shape index (κ3) is 5.95. The molecule has 1 amide bonds. The second-order valence-electron chi connectivity index (χ2n) is 6.98. The van der Waals surface area contributed by atoms with Crippen molar-refractivity contribution in [1.29, 1.82) is 0 Å². The Hall–Kier alpha value is -2.09. The number of hydrogen-bond acceptors (Lipinski definition) is 4. The van der Waals surface area contributed by atoms with E-state index in [1.807, 2.05) is 45.0 Å². The number of anilines is 1. The van der Waals surface area contributed by atoms with Crippen molar-refractivity contribution in [2.24, 2.45) is 0 Å². The third-order valence-corrected chi connectivity index (χ3v) is 6.04. The summed E-state index contributed by atoms with van der Waals surface area (Å²) in [5.74, 6) is -0.335. The maximum atomic E-state index is 12.9. The van der Waals surface area contributed by atoms with Gasteiger partial charge in [-0.25, -0.2) is 8.42 Å². The predicted molar refractivity (Wildman–Crippen MR) is 114 cm³/mol. The fraction of sp³-hybridized carbons (Fsp3) is 0.350. The highest BCUT2D eigenvalue weighted by molar-refractivity contribution is 7.92. The van der Waals surface area contributed by atoms with Crippen molar-refractivity contribution in [1.82, 2.24) is 10.2 Å². The van der Waals surface area contributed by atoms with Gasteiger partial charge in [0.15, 0.2) is 0 Å². The monoisotopic (exact) mass is 423 g/mol. The van der Waals surface area contributed by atoms with Gasteiger partial charge in [-0.3, -0.25) is 9.52 Å². The first kappa shape index (κ1) is 22.2. The van der Waals surface area contributed by atoms with Gasteiger partial charge in [-0.1, -0.05) is 23.7 Å². The van der Waals surface area contributed by atoms with Crippen molar-refractivity contribution in [3.63, 3.8) is 0 Å². The minimum atomic E-state index is -3.94. The molecule has 8 heteroatoms. The highest BCUT2D eigenvalue weighted by Gasteiger charge is 2.21. The Labute approximate surface area is 171 Å². The molecule has 152 valence electrons. The Kier molecular flexibility index (Phi) is 7.46. The van der Waals surface area contributed by atoms with Gasteiger partial charge >= 0.3 is 0 Å². The average Bonchev–Trinajstić information content (AvgIpc) is 2.61. The lowest BCUT2D eigenvalue weighted by Gasteiger charge is -2.14. The van der Waals surface area contributed by atoms with Crippen molar-refractivity contribution in [2.45, 2.75) is 25.2 Å². The molecule has 2 aromatic carbocycles. The van der Waals surface area contributed by atoms with Gasteiger partial charge in [0.05, 0.1) is 10.7 Å². The molecule has 0 aliphatic rings. The number of carbonyl (C=O) groups excluding carboxylic acids is 1. The standard InChI is InChI=1S/C20H26ClN3O3S/c1-14-6-7-15(2)18(12-14)23-28(26,27)19-13-16(8-9-17(19)21)20(25)22-10-5-11-24(3)4/h6-9,12-13,23H,5,10-11H2,1-4H3,(H,22,25). The SMILES string of the molecule is Cc1ccc(C)c(NS(=O)(=O)c2cc(C(=O)NCCCN(C)C)ccc2Cl)c1. The molecule has 2 N–H and O–H groups in total. The summed E-state index contributed by atoms with van der Waals surface area (Å²) in [7, 11) is -0.0255. The normalized spacial score (nSPS) is 11.5. The van der Waals surface area contributed by atoms with Crippen LogP contribution in [0.1, 0.15) is 27.9 Å². The van der Waals surface area contributed by atoms with E-state index in [0.29, 0.717) is 12.2 Å². The van der Waals surface area contributed by atoms with Gasteiger partial charge in [0, 0.05) is 12.1 Å². The molecule has 0 bridgehead atoms. The lowest BCUT2D eigenvalue weighted by Crippen LogP contribution is -2.27. The van der Waals surface area contributed by atoms with Crippen LogP contribution in [0.25, 0.3) is 0 Å². The summed E-state index contributed by atoms with van der Waals surface area (Å²) in [6, 6.07) is 9.74. The van der Waals surface area contributed by atoms with Crippen LogP contribution in [0.4, 0.5) is 5.69 Å². The molecular weight excluding hydrogens is 398 g/mol. The largest absolute Gasteiger partial charge is 0.352 e. The van der Waals surface area contributed by atoms with E-state index in [1.165, 1.54) is 18.2 Å². The minimum Gasteiger partial charge on any atom is -0.352 e. The molecule has 28 heavy (non-hydrogen) atoms. The van der Waals surface area contributed by atoms with Crippen LogP contribution in [-0.2, 0) is 10.0 Å². The number of halogens is 1. The van der Waals surface area contributed by atoms with Crippen LogP contribution in [0.15, 0.2) is 41.3 Å². The maximum Gasteiger partial charge on any atom is 0.263 e. The summed E-state index contributed by atoms with van der Waals surface area (Å²) in [4.78, 5) is 14.3. The first-order valence-corrected chi connectivity index (χ1v) is 10.8. The molecule has 0 radical (unpaired) electrons. The lowest BCUT2D eigenvalue weighted by atomic mass is 10.1. The van der Waals surface area contributed by atoms with Crippen LogP contribution >= 0.6 is 11.6 Å². The highest BCUT2D eigenvalue weighted by atomic mass is 35.5. The summed E-state index contributed by atoms with van der Waals surface area (Å²) >= 11 is 6.13. The molecule has 2 aromatic rings. The third-order valence-electron chi connectivity index (χ3n) is 4.19. The number of carbonyl (C=O) groups is 1. The molecule has 0 heterocycles. The number of sulfonamides is 1. The first-order valence-electron chi connectivity index (χ1n) is 8.92. The van der Waals surface area contributed by atoms with Gasteiger partial charge in [-0.2, -0.15) is 0 Å². The van der Waals surface area contributed by atoms with Crippen molar-refractivity contribution in [3.05, 3.63) is 58.1 Å². The molecule has 0 saturated carbocycles. The van der Waals surface area contributed by atoms with Crippen molar-refractivity contribution in [2.75, 3.05) is 31.9 Å².